The Bertz CT molecular complexity index is 1470. The number of rotatable bonds is 5. The summed E-state index contributed by atoms with van der Waals surface area (Å²) < 4.78 is 0. The number of para-hydroxylation sites is 1. The van der Waals surface area contributed by atoms with Gasteiger partial charge in [-0.25, -0.2) is 9.97 Å². The number of benzene rings is 2. The Morgan fingerprint density at radius 2 is 1.97 bits per heavy atom. The Labute approximate surface area is 200 Å². The van der Waals surface area contributed by atoms with E-state index >= 15 is 0 Å². The maximum Gasteiger partial charge on any atom is 0.239 e. The van der Waals surface area contributed by atoms with Crippen LogP contribution in [0.2, 0.25) is 10.0 Å². The first kappa shape index (κ1) is 21.1. The van der Waals surface area contributed by atoms with Crippen LogP contribution in [0.3, 0.4) is 0 Å². The van der Waals surface area contributed by atoms with Gasteiger partial charge in [0.1, 0.15) is 5.52 Å². The number of halogens is 2. The van der Waals surface area contributed by atoms with Crippen molar-refractivity contribution in [3.05, 3.63) is 57.9 Å². The van der Waals surface area contributed by atoms with Crippen LogP contribution in [0.5, 0.6) is 0 Å². The lowest BCUT2D eigenvalue weighted by Gasteiger charge is -2.08. The molecule has 2 N–H and O–H groups in total. The molecule has 0 radical (unpaired) electrons. The van der Waals surface area contributed by atoms with Crippen LogP contribution in [0.4, 0.5) is 5.13 Å². The highest BCUT2D eigenvalue weighted by Gasteiger charge is 2.19. The lowest BCUT2D eigenvalue weighted by atomic mass is 10.2. The number of amides is 1. The molecule has 0 spiro atoms. The van der Waals surface area contributed by atoms with Crippen molar-refractivity contribution in [3.63, 3.8) is 0 Å². The van der Waals surface area contributed by atoms with Crippen LogP contribution >= 0.6 is 46.3 Å². The van der Waals surface area contributed by atoms with E-state index in [-0.39, 0.29) is 5.91 Å². The van der Waals surface area contributed by atoms with Gasteiger partial charge in [0.15, 0.2) is 10.8 Å². The Morgan fingerprint density at radius 1 is 1.12 bits per heavy atom. The number of carbonyl (C=O) groups excluding carboxylic acids is 1. The van der Waals surface area contributed by atoms with E-state index in [1.807, 2.05) is 35.7 Å². The van der Waals surface area contributed by atoms with Gasteiger partial charge < -0.3 is 10.3 Å². The number of anilines is 1. The minimum absolute atomic E-state index is 0.203. The maximum atomic E-state index is 12.7. The summed E-state index contributed by atoms with van der Waals surface area (Å²) in [4.78, 5) is 24.9. The number of aromatic nitrogens is 5. The summed E-state index contributed by atoms with van der Waals surface area (Å²) >= 11 is 14.6. The van der Waals surface area contributed by atoms with Crippen LogP contribution in [0, 0.1) is 0 Å². The van der Waals surface area contributed by atoms with Crippen molar-refractivity contribution in [2.75, 3.05) is 5.32 Å². The summed E-state index contributed by atoms with van der Waals surface area (Å²) in [6.07, 6.45) is 0. The molecule has 32 heavy (non-hydrogen) atoms. The van der Waals surface area contributed by atoms with Crippen molar-refractivity contribution in [3.8, 4) is 11.3 Å². The predicted molar refractivity (Wildman–Crippen MR) is 131 cm³/mol. The molecule has 5 aromatic rings. The summed E-state index contributed by atoms with van der Waals surface area (Å²) in [5.41, 5.74) is 3.83. The molecule has 3 heterocycles. The third-order valence-corrected chi connectivity index (χ3v) is 7.15. The van der Waals surface area contributed by atoms with Crippen molar-refractivity contribution >= 4 is 79.4 Å². The van der Waals surface area contributed by atoms with E-state index in [9.17, 15) is 4.79 Å². The van der Waals surface area contributed by atoms with Crippen LogP contribution < -0.4 is 5.32 Å². The molecule has 2 aromatic carbocycles. The van der Waals surface area contributed by atoms with Crippen LogP contribution in [0.25, 0.3) is 33.3 Å². The zero-order valence-corrected chi connectivity index (χ0v) is 19.6. The quantitative estimate of drug-likeness (QED) is 0.285. The average molecular weight is 501 g/mol. The van der Waals surface area contributed by atoms with Gasteiger partial charge in [-0.05, 0) is 25.1 Å². The second-order valence-corrected chi connectivity index (χ2v) is 9.86. The van der Waals surface area contributed by atoms with Crippen molar-refractivity contribution in [1.29, 1.82) is 0 Å². The smallest absolute Gasteiger partial charge is 0.239 e. The number of carbonyl (C=O) groups is 1. The second-order valence-electron chi connectivity index (χ2n) is 6.88. The Hall–Kier alpha value is -2.72. The number of aromatic amines is 1. The topological polar surface area (TPSA) is 96.5 Å². The number of fused-ring (bicyclic) bond motifs is 3. The number of hydrogen-bond acceptors (Lipinski definition) is 7. The number of nitrogens with one attached hydrogen (secondary N) is 2. The molecule has 0 bridgehead atoms. The van der Waals surface area contributed by atoms with Gasteiger partial charge >= 0.3 is 0 Å². The third-order valence-electron chi connectivity index (χ3n) is 4.70. The molecule has 0 aliphatic carbocycles. The first-order valence-corrected chi connectivity index (χ1v) is 12.0. The van der Waals surface area contributed by atoms with E-state index in [2.05, 4.69) is 30.5 Å². The van der Waals surface area contributed by atoms with Crippen molar-refractivity contribution in [1.82, 2.24) is 25.1 Å². The Kier molecular flexibility index (Phi) is 5.73. The molecule has 5 rings (SSSR count). The van der Waals surface area contributed by atoms with E-state index in [1.165, 1.54) is 23.1 Å². The third kappa shape index (κ3) is 4.16. The van der Waals surface area contributed by atoms with Crippen molar-refractivity contribution < 1.29 is 4.79 Å². The summed E-state index contributed by atoms with van der Waals surface area (Å²) in [6, 6.07) is 13.1. The van der Waals surface area contributed by atoms with E-state index in [0.717, 1.165) is 16.5 Å². The number of nitrogens with zero attached hydrogens (tertiary/aromatic N) is 4. The normalized spacial score (nSPS) is 12.3. The fraction of sp³-hybridized carbons (Fsp3) is 0.0952. The molecule has 0 fully saturated rings. The first-order chi connectivity index (χ1) is 15.5. The lowest BCUT2D eigenvalue weighted by molar-refractivity contribution is -0.115. The molecule has 1 amide bonds. The van der Waals surface area contributed by atoms with Crippen LogP contribution in [-0.4, -0.2) is 36.3 Å². The molecule has 0 saturated carbocycles. The molecule has 11 heteroatoms. The molecule has 0 saturated heterocycles. The minimum atomic E-state index is -0.448. The van der Waals surface area contributed by atoms with Crippen LogP contribution in [-0.2, 0) is 4.79 Å². The van der Waals surface area contributed by atoms with Gasteiger partial charge in [-0.3, -0.25) is 4.79 Å². The molecule has 3 aromatic heterocycles. The number of hydrogen-bond donors (Lipinski definition) is 2. The van der Waals surface area contributed by atoms with Gasteiger partial charge in [0.2, 0.25) is 11.1 Å². The molecule has 0 aliphatic heterocycles. The zero-order chi connectivity index (χ0) is 22.2. The predicted octanol–water partition coefficient (Wildman–Crippen LogP) is 6.06. The highest BCUT2D eigenvalue weighted by Crippen LogP contribution is 2.31. The second kappa shape index (κ2) is 8.67. The number of thiazole rings is 1. The van der Waals surface area contributed by atoms with Gasteiger partial charge in [-0.1, -0.05) is 59.2 Å². The Morgan fingerprint density at radius 3 is 2.81 bits per heavy atom. The Balaban J connectivity index is 1.28. The average Bonchev–Trinajstić information content (AvgIpc) is 3.39. The number of thioether (sulfide) groups is 1. The SMILES string of the molecule is CC(Sc1nnc2c(n1)[nH]c1ccccc12)C(=O)Nc1nc(-c2ccc(Cl)c(Cl)c2)cs1. The van der Waals surface area contributed by atoms with Gasteiger partial charge in [0.05, 0.1) is 21.0 Å². The van der Waals surface area contributed by atoms with Crippen molar-refractivity contribution in [2.24, 2.45) is 0 Å². The van der Waals surface area contributed by atoms with E-state index < -0.39 is 5.25 Å². The zero-order valence-electron chi connectivity index (χ0n) is 16.5. The van der Waals surface area contributed by atoms with Gasteiger partial charge in [-0.2, -0.15) is 0 Å². The van der Waals surface area contributed by atoms with Gasteiger partial charge in [-0.15, -0.1) is 21.5 Å². The summed E-state index contributed by atoms with van der Waals surface area (Å²) in [7, 11) is 0. The van der Waals surface area contributed by atoms with Gasteiger partial charge in [0, 0.05) is 21.8 Å². The van der Waals surface area contributed by atoms with Gasteiger partial charge in [0.25, 0.3) is 0 Å². The fourth-order valence-corrected chi connectivity index (χ4v) is 4.83. The van der Waals surface area contributed by atoms with E-state index in [1.54, 1.807) is 19.1 Å². The minimum Gasteiger partial charge on any atom is -0.338 e. The standard InChI is InChI=1S/C21H14Cl2N6OS2/c1-10(32-21-26-18-17(28-29-21)12-4-2-3-5-15(12)24-18)19(30)27-20-25-16(9-31-20)11-6-7-13(22)14(23)8-11/h2-10H,1H3,(H,24,26,29)(H,25,27,30). The summed E-state index contributed by atoms with van der Waals surface area (Å²) in [5, 5.41) is 15.5. The highest BCUT2D eigenvalue weighted by atomic mass is 35.5. The van der Waals surface area contributed by atoms with E-state index in [4.69, 9.17) is 23.2 Å². The molecule has 7 nitrogen and oxygen atoms in total. The molecule has 0 aliphatic rings. The number of H-pyrrole nitrogens is 1. The molecule has 1 unspecified atom stereocenters. The summed E-state index contributed by atoms with van der Waals surface area (Å²) in [5.74, 6) is -0.203. The summed E-state index contributed by atoms with van der Waals surface area (Å²) in [6.45, 7) is 1.78. The molecular weight excluding hydrogens is 487 g/mol. The highest BCUT2D eigenvalue weighted by molar-refractivity contribution is 8.00. The fourth-order valence-electron chi connectivity index (χ4n) is 3.09. The largest absolute Gasteiger partial charge is 0.338 e. The molecule has 1 atom stereocenters. The monoisotopic (exact) mass is 500 g/mol. The van der Waals surface area contributed by atoms with Crippen molar-refractivity contribution in [2.45, 2.75) is 17.3 Å². The van der Waals surface area contributed by atoms with E-state index in [0.29, 0.717) is 37.2 Å². The lowest BCUT2D eigenvalue weighted by Crippen LogP contribution is -2.22. The maximum absolute atomic E-state index is 12.7. The van der Waals surface area contributed by atoms with Crippen LogP contribution in [0.15, 0.2) is 53.0 Å². The van der Waals surface area contributed by atoms with Crippen LogP contribution in [0.1, 0.15) is 6.92 Å². The molecular formula is C21H14Cl2N6OS2. The molecule has 160 valence electrons. The first-order valence-electron chi connectivity index (χ1n) is 9.47.